The zero-order valence-corrected chi connectivity index (χ0v) is 14.0. The van der Waals surface area contributed by atoms with E-state index >= 15 is 0 Å². The zero-order chi connectivity index (χ0) is 16.5. The Labute approximate surface area is 140 Å². The summed E-state index contributed by atoms with van der Waals surface area (Å²) >= 11 is 0. The van der Waals surface area contributed by atoms with Gasteiger partial charge in [0, 0.05) is 13.1 Å². The summed E-state index contributed by atoms with van der Waals surface area (Å²) in [6.45, 7) is 7.71. The standard InChI is InChI=1S/C17H21N5O2/c1-12-18-13(2)22(20-12)10-14-9-21(7-8-23-14)11-17-19-15-5-3-4-6-16(15)24-17/h3-6,14H,7-11H2,1-2H3/t14-/m0/s1. The molecule has 1 aromatic carbocycles. The van der Waals surface area contributed by atoms with E-state index in [1.807, 2.05) is 42.8 Å². The topological polar surface area (TPSA) is 69.2 Å². The van der Waals surface area contributed by atoms with Gasteiger partial charge in [-0.15, -0.1) is 0 Å². The number of para-hydroxylation sites is 2. The van der Waals surface area contributed by atoms with Crippen LogP contribution in [0.25, 0.3) is 11.1 Å². The number of benzene rings is 1. The lowest BCUT2D eigenvalue weighted by Gasteiger charge is -2.32. The molecule has 0 spiro atoms. The Morgan fingerprint density at radius 2 is 2.08 bits per heavy atom. The molecule has 0 radical (unpaired) electrons. The quantitative estimate of drug-likeness (QED) is 0.729. The molecule has 0 bridgehead atoms. The minimum absolute atomic E-state index is 0.0999. The molecule has 4 rings (SSSR count). The van der Waals surface area contributed by atoms with Gasteiger partial charge in [-0.2, -0.15) is 5.10 Å². The van der Waals surface area contributed by atoms with Crippen molar-refractivity contribution in [3.8, 4) is 0 Å². The van der Waals surface area contributed by atoms with Gasteiger partial charge in [0.25, 0.3) is 0 Å². The van der Waals surface area contributed by atoms with Gasteiger partial charge in [0.2, 0.25) is 5.89 Å². The van der Waals surface area contributed by atoms with Crippen molar-refractivity contribution >= 4 is 11.1 Å². The summed E-state index contributed by atoms with van der Waals surface area (Å²) < 4.78 is 13.6. The van der Waals surface area contributed by atoms with Crippen LogP contribution in [-0.2, 0) is 17.8 Å². The second kappa shape index (κ2) is 6.33. The van der Waals surface area contributed by atoms with Crippen molar-refractivity contribution in [3.63, 3.8) is 0 Å². The molecule has 0 saturated carbocycles. The van der Waals surface area contributed by atoms with Crippen LogP contribution in [0.2, 0.25) is 0 Å². The second-order valence-corrected chi connectivity index (χ2v) is 6.19. The van der Waals surface area contributed by atoms with Crippen molar-refractivity contribution < 1.29 is 9.15 Å². The first kappa shape index (κ1) is 15.3. The summed E-state index contributed by atoms with van der Waals surface area (Å²) in [6.07, 6.45) is 0.0999. The summed E-state index contributed by atoms with van der Waals surface area (Å²) in [6, 6.07) is 7.86. The van der Waals surface area contributed by atoms with Gasteiger partial charge in [0.05, 0.1) is 25.8 Å². The lowest BCUT2D eigenvalue weighted by atomic mass is 10.2. The van der Waals surface area contributed by atoms with Gasteiger partial charge in [-0.05, 0) is 26.0 Å². The van der Waals surface area contributed by atoms with Crippen LogP contribution >= 0.6 is 0 Å². The largest absolute Gasteiger partial charge is 0.439 e. The number of hydrogen-bond acceptors (Lipinski definition) is 6. The van der Waals surface area contributed by atoms with E-state index in [0.717, 1.165) is 48.3 Å². The van der Waals surface area contributed by atoms with E-state index in [1.165, 1.54) is 0 Å². The molecule has 1 fully saturated rings. The van der Waals surface area contributed by atoms with E-state index in [4.69, 9.17) is 9.15 Å². The molecular weight excluding hydrogens is 306 g/mol. The Bertz CT molecular complexity index is 807. The van der Waals surface area contributed by atoms with E-state index in [9.17, 15) is 0 Å². The fraction of sp³-hybridized carbons (Fsp3) is 0.471. The number of rotatable bonds is 4. The molecule has 1 saturated heterocycles. The molecule has 126 valence electrons. The average Bonchev–Trinajstić information content (AvgIpc) is 3.10. The van der Waals surface area contributed by atoms with Crippen molar-refractivity contribution in [2.75, 3.05) is 19.7 Å². The summed E-state index contributed by atoms with van der Waals surface area (Å²) in [5.74, 6) is 2.48. The summed E-state index contributed by atoms with van der Waals surface area (Å²) in [5.41, 5.74) is 1.75. The third-order valence-corrected chi connectivity index (χ3v) is 4.26. The van der Waals surface area contributed by atoms with Gasteiger partial charge in [-0.1, -0.05) is 12.1 Å². The van der Waals surface area contributed by atoms with Crippen molar-refractivity contribution in [1.82, 2.24) is 24.6 Å². The number of aryl methyl sites for hydroxylation is 2. The van der Waals surface area contributed by atoms with Gasteiger partial charge in [0.15, 0.2) is 5.58 Å². The van der Waals surface area contributed by atoms with Crippen LogP contribution in [0.5, 0.6) is 0 Å². The highest BCUT2D eigenvalue weighted by molar-refractivity contribution is 5.72. The van der Waals surface area contributed by atoms with Crippen LogP contribution in [0, 0.1) is 13.8 Å². The smallest absolute Gasteiger partial charge is 0.209 e. The Morgan fingerprint density at radius 1 is 1.21 bits per heavy atom. The predicted octanol–water partition coefficient (Wildman–Crippen LogP) is 1.94. The normalized spacial score (nSPS) is 19.2. The number of aromatic nitrogens is 4. The van der Waals surface area contributed by atoms with Crippen molar-refractivity contribution in [3.05, 3.63) is 41.8 Å². The maximum absolute atomic E-state index is 5.89. The Hall–Kier alpha value is -2.25. The van der Waals surface area contributed by atoms with Gasteiger partial charge >= 0.3 is 0 Å². The number of fused-ring (bicyclic) bond motifs is 1. The number of ether oxygens (including phenoxy) is 1. The number of hydrogen-bond donors (Lipinski definition) is 0. The predicted molar refractivity (Wildman–Crippen MR) is 88.5 cm³/mol. The Balaban J connectivity index is 1.42. The molecule has 24 heavy (non-hydrogen) atoms. The van der Waals surface area contributed by atoms with Gasteiger partial charge < -0.3 is 9.15 Å². The first-order valence-electron chi connectivity index (χ1n) is 8.24. The van der Waals surface area contributed by atoms with Crippen LogP contribution in [-0.4, -0.2) is 50.4 Å². The minimum Gasteiger partial charge on any atom is -0.439 e. The Kier molecular flexibility index (Phi) is 4.03. The van der Waals surface area contributed by atoms with Crippen molar-refractivity contribution in [2.24, 2.45) is 0 Å². The number of nitrogens with zero attached hydrogens (tertiary/aromatic N) is 5. The molecule has 0 aliphatic carbocycles. The average molecular weight is 327 g/mol. The lowest BCUT2D eigenvalue weighted by Crippen LogP contribution is -2.44. The van der Waals surface area contributed by atoms with Gasteiger partial charge in [0.1, 0.15) is 17.2 Å². The second-order valence-electron chi connectivity index (χ2n) is 6.19. The molecule has 3 heterocycles. The minimum atomic E-state index is 0.0999. The molecule has 2 aromatic heterocycles. The molecule has 7 nitrogen and oxygen atoms in total. The molecule has 0 unspecified atom stereocenters. The van der Waals surface area contributed by atoms with Crippen molar-refractivity contribution in [1.29, 1.82) is 0 Å². The van der Waals surface area contributed by atoms with Crippen LogP contribution in [0.1, 0.15) is 17.5 Å². The van der Waals surface area contributed by atoms with Gasteiger partial charge in [-0.25, -0.2) is 14.6 Å². The summed E-state index contributed by atoms with van der Waals surface area (Å²) in [4.78, 5) is 11.2. The molecule has 0 N–H and O–H groups in total. The fourth-order valence-corrected chi connectivity index (χ4v) is 3.14. The zero-order valence-electron chi connectivity index (χ0n) is 14.0. The van der Waals surface area contributed by atoms with Crippen LogP contribution in [0.15, 0.2) is 28.7 Å². The first-order valence-corrected chi connectivity index (χ1v) is 8.24. The number of oxazole rings is 1. The summed E-state index contributed by atoms with van der Waals surface area (Å²) in [7, 11) is 0. The van der Waals surface area contributed by atoms with E-state index in [0.29, 0.717) is 13.2 Å². The highest BCUT2D eigenvalue weighted by Crippen LogP contribution is 2.17. The van der Waals surface area contributed by atoms with E-state index in [-0.39, 0.29) is 6.10 Å². The monoisotopic (exact) mass is 327 g/mol. The third-order valence-electron chi connectivity index (χ3n) is 4.26. The maximum atomic E-state index is 5.89. The SMILES string of the molecule is Cc1nc(C)n(C[C@@H]2CN(Cc3nc4ccccc4o3)CCO2)n1. The van der Waals surface area contributed by atoms with E-state index in [2.05, 4.69) is 20.0 Å². The van der Waals surface area contributed by atoms with Crippen LogP contribution in [0.4, 0.5) is 0 Å². The first-order chi connectivity index (χ1) is 11.7. The lowest BCUT2D eigenvalue weighted by molar-refractivity contribution is -0.0424. The molecule has 3 aromatic rings. The number of morpholine rings is 1. The highest BCUT2D eigenvalue weighted by Gasteiger charge is 2.23. The van der Waals surface area contributed by atoms with E-state index < -0.39 is 0 Å². The fourth-order valence-electron chi connectivity index (χ4n) is 3.14. The van der Waals surface area contributed by atoms with Crippen molar-refractivity contribution in [2.45, 2.75) is 33.0 Å². The summed E-state index contributed by atoms with van der Waals surface area (Å²) in [5, 5.41) is 4.42. The van der Waals surface area contributed by atoms with Crippen LogP contribution in [0.3, 0.4) is 0 Å². The van der Waals surface area contributed by atoms with E-state index in [1.54, 1.807) is 0 Å². The molecule has 7 heteroatoms. The molecule has 1 aliphatic heterocycles. The molecule has 1 aliphatic rings. The van der Waals surface area contributed by atoms with Crippen LogP contribution < -0.4 is 0 Å². The van der Waals surface area contributed by atoms with Gasteiger partial charge in [-0.3, -0.25) is 4.90 Å². The highest BCUT2D eigenvalue weighted by atomic mass is 16.5. The maximum Gasteiger partial charge on any atom is 0.209 e. The molecule has 1 atom stereocenters. The Morgan fingerprint density at radius 3 is 2.88 bits per heavy atom. The third kappa shape index (κ3) is 3.18. The molecular formula is C17H21N5O2. The molecule has 0 amide bonds.